The second-order valence-electron chi connectivity index (χ2n) is 5.19. The van der Waals surface area contributed by atoms with Gasteiger partial charge in [-0.15, -0.1) is 0 Å². The molecule has 0 spiro atoms. The summed E-state index contributed by atoms with van der Waals surface area (Å²) in [5.41, 5.74) is 5.23. The number of hydrogen-bond donors (Lipinski definition) is 2. The van der Waals surface area contributed by atoms with E-state index in [1.54, 1.807) is 18.3 Å². The van der Waals surface area contributed by atoms with Crippen LogP contribution in [0.1, 0.15) is 20.7 Å². The van der Waals surface area contributed by atoms with E-state index >= 15 is 0 Å². The van der Waals surface area contributed by atoms with Crippen molar-refractivity contribution in [1.29, 1.82) is 0 Å². The average molecular weight is 367 g/mol. The summed E-state index contributed by atoms with van der Waals surface area (Å²) in [6.07, 6.45) is 1.60. The first-order chi connectivity index (χ1) is 12.6. The second-order valence-corrected chi connectivity index (χ2v) is 6.25. The van der Waals surface area contributed by atoms with Crippen molar-refractivity contribution in [3.8, 4) is 0 Å². The number of nitrogens with one attached hydrogen (secondary N) is 2. The molecule has 130 valence electrons. The predicted octanol–water partition coefficient (Wildman–Crippen LogP) is 3.45. The molecule has 2 N–H and O–H groups in total. The standard InChI is InChI=1S/C19H14FN3O2S/c20-14-10-8-13(9-11-14)17(24)22-23-18(25)16-7-4-12-21-19(16)26-15-5-2-1-3-6-15/h1-12H,(H,22,24)(H,23,25). The number of hydrazine groups is 1. The molecule has 2 amide bonds. The number of aromatic nitrogens is 1. The molecule has 1 aromatic heterocycles. The molecule has 3 rings (SSSR count). The van der Waals surface area contributed by atoms with Crippen LogP contribution in [0.25, 0.3) is 0 Å². The molecule has 0 unspecified atom stereocenters. The summed E-state index contributed by atoms with van der Waals surface area (Å²) in [5.74, 6) is -1.48. The van der Waals surface area contributed by atoms with Gasteiger partial charge in [0, 0.05) is 16.7 Å². The minimum atomic E-state index is -0.542. The Kier molecular flexibility index (Phi) is 5.60. The van der Waals surface area contributed by atoms with E-state index < -0.39 is 17.6 Å². The number of hydrogen-bond acceptors (Lipinski definition) is 4. The number of carbonyl (C=O) groups is 2. The van der Waals surface area contributed by atoms with Crippen molar-refractivity contribution in [2.24, 2.45) is 0 Å². The van der Waals surface area contributed by atoms with Gasteiger partial charge in [-0.3, -0.25) is 20.4 Å². The second kappa shape index (κ2) is 8.26. The van der Waals surface area contributed by atoms with Crippen LogP contribution in [-0.4, -0.2) is 16.8 Å². The van der Waals surface area contributed by atoms with Gasteiger partial charge in [0.1, 0.15) is 10.8 Å². The van der Waals surface area contributed by atoms with E-state index in [9.17, 15) is 14.0 Å². The molecule has 7 heteroatoms. The molecule has 26 heavy (non-hydrogen) atoms. The maximum atomic E-state index is 12.9. The highest BCUT2D eigenvalue weighted by Gasteiger charge is 2.14. The number of amides is 2. The first-order valence-corrected chi connectivity index (χ1v) is 8.49. The van der Waals surface area contributed by atoms with Crippen LogP contribution in [0.2, 0.25) is 0 Å². The molecule has 0 saturated carbocycles. The van der Waals surface area contributed by atoms with Crippen LogP contribution in [0.15, 0.2) is 82.8 Å². The quantitative estimate of drug-likeness (QED) is 0.693. The van der Waals surface area contributed by atoms with Crippen LogP contribution < -0.4 is 10.9 Å². The van der Waals surface area contributed by atoms with E-state index in [0.29, 0.717) is 10.6 Å². The maximum absolute atomic E-state index is 12.9. The minimum Gasteiger partial charge on any atom is -0.267 e. The zero-order valence-electron chi connectivity index (χ0n) is 13.5. The van der Waals surface area contributed by atoms with Gasteiger partial charge < -0.3 is 0 Å². The van der Waals surface area contributed by atoms with E-state index in [1.807, 2.05) is 30.3 Å². The topological polar surface area (TPSA) is 71.1 Å². The lowest BCUT2D eigenvalue weighted by atomic mass is 10.2. The highest BCUT2D eigenvalue weighted by molar-refractivity contribution is 7.99. The number of benzene rings is 2. The van der Waals surface area contributed by atoms with Crippen molar-refractivity contribution in [2.45, 2.75) is 9.92 Å². The molecule has 0 bridgehead atoms. The van der Waals surface area contributed by atoms with Gasteiger partial charge in [0.25, 0.3) is 11.8 Å². The lowest BCUT2D eigenvalue weighted by Gasteiger charge is -2.10. The molecule has 3 aromatic rings. The third-order valence-corrected chi connectivity index (χ3v) is 4.40. The van der Waals surface area contributed by atoms with Gasteiger partial charge in [-0.2, -0.15) is 0 Å². The van der Waals surface area contributed by atoms with Gasteiger partial charge in [0.05, 0.1) is 5.56 Å². The van der Waals surface area contributed by atoms with Crippen molar-refractivity contribution in [3.63, 3.8) is 0 Å². The zero-order valence-corrected chi connectivity index (χ0v) is 14.3. The molecule has 1 heterocycles. The molecule has 0 saturated heterocycles. The molecular formula is C19H14FN3O2S. The number of carbonyl (C=O) groups excluding carboxylic acids is 2. The van der Waals surface area contributed by atoms with Gasteiger partial charge in [0.15, 0.2) is 0 Å². The van der Waals surface area contributed by atoms with Crippen LogP contribution in [-0.2, 0) is 0 Å². The van der Waals surface area contributed by atoms with E-state index in [1.165, 1.54) is 36.0 Å². The summed E-state index contributed by atoms with van der Waals surface area (Å²) in [6.45, 7) is 0. The number of halogens is 1. The molecule has 0 atom stereocenters. The largest absolute Gasteiger partial charge is 0.272 e. The number of pyridine rings is 1. The average Bonchev–Trinajstić information content (AvgIpc) is 2.67. The molecule has 0 aliphatic carbocycles. The van der Waals surface area contributed by atoms with Gasteiger partial charge in [-0.1, -0.05) is 30.0 Å². The molecule has 0 fully saturated rings. The highest BCUT2D eigenvalue weighted by Crippen LogP contribution is 2.28. The molecule has 2 aromatic carbocycles. The first-order valence-electron chi connectivity index (χ1n) is 7.67. The van der Waals surface area contributed by atoms with Crippen LogP contribution in [0.4, 0.5) is 4.39 Å². The molecule has 0 aliphatic heterocycles. The fraction of sp³-hybridized carbons (Fsp3) is 0. The fourth-order valence-corrected chi connectivity index (χ4v) is 3.00. The summed E-state index contributed by atoms with van der Waals surface area (Å²) in [7, 11) is 0. The smallest absolute Gasteiger partial charge is 0.267 e. The van der Waals surface area contributed by atoms with Crippen LogP contribution in [0, 0.1) is 5.82 Å². The van der Waals surface area contributed by atoms with Gasteiger partial charge in [0.2, 0.25) is 0 Å². The maximum Gasteiger partial charge on any atom is 0.272 e. The van der Waals surface area contributed by atoms with Crippen LogP contribution >= 0.6 is 11.8 Å². The van der Waals surface area contributed by atoms with E-state index in [4.69, 9.17) is 0 Å². The van der Waals surface area contributed by atoms with Gasteiger partial charge in [-0.05, 0) is 48.5 Å². The minimum absolute atomic E-state index is 0.233. The van der Waals surface area contributed by atoms with Crippen LogP contribution in [0.5, 0.6) is 0 Å². The first kappa shape index (κ1) is 17.6. The molecule has 5 nitrogen and oxygen atoms in total. The van der Waals surface area contributed by atoms with Gasteiger partial charge in [-0.25, -0.2) is 9.37 Å². The third kappa shape index (κ3) is 4.46. The Morgan fingerprint density at radius 1 is 0.846 bits per heavy atom. The summed E-state index contributed by atoms with van der Waals surface area (Å²) >= 11 is 1.35. The highest BCUT2D eigenvalue weighted by atomic mass is 32.2. The lowest BCUT2D eigenvalue weighted by molar-refractivity contribution is 0.0844. The van der Waals surface area contributed by atoms with Crippen molar-refractivity contribution in [1.82, 2.24) is 15.8 Å². The Bertz CT molecular complexity index is 918. The SMILES string of the molecule is O=C(NNC(=O)c1cccnc1Sc1ccccc1)c1ccc(F)cc1. The predicted molar refractivity (Wildman–Crippen MR) is 96.1 cm³/mol. The third-order valence-electron chi connectivity index (χ3n) is 3.37. The van der Waals surface area contributed by atoms with E-state index in [-0.39, 0.29) is 5.56 Å². The lowest BCUT2D eigenvalue weighted by Crippen LogP contribution is -2.41. The monoisotopic (exact) mass is 367 g/mol. The summed E-state index contributed by atoms with van der Waals surface area (Å²) in [4.78, 5) is 29.6. The van der Waals surface area contributed by atoms with Crippen LogP contribution in [0.3, 0.4) is 0 Å². The Hall–Kier alpha value is -3.19. The normalized spacial score (nSPS) is 10.2. The Labute approximate surface area is 153 Å². The Morgan fingerprint density at radius 2 is 1.54 bits per heavy atom. The Morgan fingerprint density at radius 3 is 2.27 bits per heavy atom. The van der Waals surface area contributed by atoms with E-state index in [2.05, 4.69) is 15.8 Å². The summed E-state index contributed by atoms with van der Waals surface area (Å²) < 4.78 is 12.9. The van der Waals surface area contributed by atoms with Crippen molar-refractivity contribution >= 4 is 23.6 Å². The number of nitrogens with zero attached hydrogens (tertiary/aromatic N) is 1. The summed E-state index contributed by atoms with van der Waals surface area (Å²) in [5, 5.41) is 0.521. The number of rotatable bonds is 4. The van der Waals surface area contributed by atoms with Crippen molar-refractivity contribution in [2.75, 3.05) is 0 Å². The van der Waals surface area contributed by atoms with Crippen molar-refractivity contribution in [3.05, 3.63) is 89.9 Å². The molecule has 0 aliphatic rings. The van der Waals surface area contributed by atoms with E-state index in [0.717, 1.165) is 4.90 Å². The molecular weight excluding hydrogens is 353 g/mol. The zero-order chi connectivity index (χ0) is 18.4. The Balaban J connectivity index is 1.68. The fourth-order valence-electron chi connectivity index (χ4n) is 2.10. The summed E-state index contributed by atoms with van der Waals surface area (Å²) in [6, 6.07) is 17.8. The molecule has 0 radical (unpaired) electrons. The van der Waals surface area contributed by atoms with Crippen molar-refractivity contribution < 1.29 is 14.0 Å². The van der Waals surface area contributed by atoms with Gasteiger partial charge >= 0.3 is 0 Å².